The zero-order chi connectivity index (χ0) is 25.7. The standard InChI is InChI=1S/C29H33FN2O4/c1-4-14-31-29(34)26-12-11-24(36-26)18-35-23-10-7-20-13-15-32(27(33)16-19(2)3)28(25(20)17-23)21-5-8-22(30)9-6-21/h5-12,17,19,28H,4,13-16,18H2,1-3H3,(H,31,34)/t28-/m1/s1. The van der Waals surface area contributed by atoms with E-state index in [4.69, 9.17) is 9.15 Å². The summed E-state index contributed by atoms with van der Waals surface area (Å²) in [5, 5.41) is 2.79. The lowest BCUT2D eigenvalue weighted by Gasteiger charge is -2.38. The predicted octanol–water partition coefficient (Wildman–Crippen LogP) is 5.66. The summed E-state index contributed by atoms with van der Waals surface area (Å²) in [6.07, 6.45) is 2.04. The molecule has 6 nitrogen and oxygen atoms in total. The number of amides is 2. The van der Waals surface area contributed by atoms with Gasteiger partial charge in [-0.2, -0.15) is 0 Å². The summed E-state index contributed by atoms with van der Waals surface area (Å²) in [4.78, 5) is 27.2. The van der Waals surface area contributed by atoms with Crippen molar-refractivity contribution in [3.05, 3.63) is 88.6 Å². The van der Waals surface area contributed by atoms with Crippen LogP contribution in [0.5, 0.6) is 5.75 Å². The molecule has 1 aliphatic heterocycles. The van der Waals surface area contributed by atoms with E-state index >= 15 is 0 Å². The van der Waals surface area contributed by atoms with Crippen LogP contribution in [0.1, 0.15) is 72.7 Å². The summed E-state index contributed by atoms with van der Waals surface area (Å²) in [6, 6.07) is 15.3. The minimum absolute atomic E-state index is 0.0840. The van der Waals surface area contributed by atoms with Crippen molar-refractivity contribution in [3.63, 3.8) is 0 Å². The SMILES string of the molecule is CCCNC(=O)c1ccc(COc2ccc3c(c2)[C@@H](c2ccc(F)cc2)N(C(=O)CC(C)C)CC3)o1. The third-order valence-electron chi connectivity index (χ3n) is 6.24. The predicted molar refractivity (Wildman–Crippen MR) is 135 cm³/mol. The fraction of sp³-hybridized carbons (Fsp3) is 0.379. The Morgan fingerprint density at radius 1 is 1.14 bits per heavy atom. The van der Waals surface area contributed by atoms with E-state index in [0.29, 0.717) is 31.0 Å². The van der Waals surface area contributed by atoms with Crippen molar-refractivity contribution in [2.75, 3.05) is 13.1 Å². The fourth-order valence-electron chi connectivity index (χ4n) is 4.48. The molecule has 36 heavy (non-hydrogen) atoms. The molecule has 0 unspecified atom stereocenters. The summed E-state index contributed by atoms with van der Waals surface area (Å²) in [5.74, 6) is 1.19. The quantitative estimate of drug-likeness (QED) is 0.419. The van der Waals surface area contributed by atoms with Crippen molar-refractivity contribution in [2.45, 2.75) is 52.7 Å². The molecule has 0 fully saturated rings. The van der Waals surface area contributed by atoms with E-state index in [2.05, 4.69) is 5.32 Å². The lowest BCUT2D eigenvalue weighted by atomic mass is 9.87. The van der Waals surface area contributed by atoms with Crippen LogP contribution < -0.4 is 10.1 Å². The van der Waals surface area contributed by atoms with Crippen molar-refractivity contribution in [3.8, 4) is 5.75 Å². The lowest BCUT2D eigenvalue weighted by molar-refractivity contribution is -0.134. The Hall–Kier alpha value is -3.61. The normalized spacial score (nSPS) is 15.0. The van der Waals surface area contributed by atoms with Gasteiger partial charge in [0.15, 0.2) is 5.76 Å². The van der Waals surface area contributed by atoms with E-state index < -0.39 is 0 Å². The van der Waals surface area contributed by atoms with Gasteiger partial charge in [-0.25, -0.2) is 4.39 Å². The van der Waals surface area contributed by atoms with Crippen LogP contribution in [0.2, 0.25) is 0 Å². The van der Waals surface area contributed by atoms with E-state index in [9.17, 15) is 14.0 Å². The summed E-state index contributed by atoms with van der Waals surface area (Å²) in [5.41, 5.74) is 2.97. The Balaban J connectivity index is 1.56. The van der Waals surface area contributed by atoms with Crippen molar-refractivity contribution in [1.82, 2.24) is 10.2 Å². The maximum absolute atomic E-state index is 13.7. The molecule has 0 aliphatic carbocycles. The summed E-state index contributed by atoms with van der Waals surface area (Å²) < 4.78 is 25.3. The number of carbonyl (C=O) groups excluding carboxylic acids is 2. The fourth-order valence-corrected chi connectivity index (χ4v) is 4.48. The van der Waals surface area contributed by atoms with Gasteiger partial charge in [0, 0.05) is 19.5 Å². The molecule has 1 aliphatic rings. The minimum Gasteiger partial charge on any atom is -0.486 e. The number of fused-ring (bicyclic) bond motifs is 1. The van der Waals surface area contributed by atoms with Gasteiger partial charge in [0.25, 0.3) is 5.91 Å². The highest BCUT2D eigenvalue weighted by atomic mass is 19.1. The number of carbonyl (C=O) groups is 2. The van der Waals surface area contributed by atoms with E-state index in [1.54, 1.807) is 24.3 Å². The number of hydrogen-bond donors (Lipinski definition) is 1. The van der Waals surface area contributed by atoms with Crippen molar-refractivity contribution in [2.24, 2.45) is 5.92 Å². The number of hydrogen-bond acceptors (Lipinski definition) is 4. The first-order valence-electron chi connectivity index (χ1n) is 12.5. The molecular weight excluding hydrogens is 459 g/mol. The Kier molecular flexibility index (Phi) is 8.08. The van der Waals surface area contributed by atoms with Crippen molar-refractivity contribution in [1.29, 1.82) is 0 Å². The zero-order valence-corrected chi connectivity index (χ0v) is 21.1. The van der Waals surface area contributed by atoms with E-state index in [1.807, 2.05) is 43.9 Å². The largest absolute Gasteiger partial charge is 0.486 e. The van der Waals surface area contributed by atoms with Gasteiger partial charge in [-0.3, -0.25) is 9.59 Å². The highest BCUT2D eigenvalue weighted by molar-refractivity contribution is 5.91. The number of furan rings is 1. The van der Waals surface area contributed by atoms with Crippen LogP contribution in [-0.2, 0) is 17.8 Å². The Bertz CT molecular complexity index is 1200. The van der Waals surface area contributed by atoms with Crippen LogP contribution in [-0.4, -0.2) is 29.8 Å². The first-order chi connectivity index (χ1) is 17.4. The van der Waals surface area contributed by atoms with Gasteiger partial charge in [0.1, 0.15) is 23.9 Å². The average Bonchev–Trinajstić information content (AvgIpc) is 3.34. The van der Waals surface area contributed by atoms with E-state index in [1.165, 1.54) is 12.1 Å². The van der Waals surface area contributed by atoms with Gasteiger partial charge in [0.05, 0.1) is 6.04 Å². The first kappa shape index (κ1) is 25.5. The van der Waals surface area contributed by atoms with Gasteiger partial charge in [-0.1, -0.05) is 39.0 Å². The maximum Gasteiger partial charge on any atom is 0.286 e. The molecule has 1 aromatic heterocycles. The van der Waals surface area contributed by atoms with Gasteiger partial charge in [0.2, 0.25) is 5.91 Å². The smallest absolute Gasteiger partial charge is 0.286 e. The van der Waals surface area contributed by atoms with Gasteiger partial charge in [-0.05, 0) is 71.8 Å². The molecule has 2 aromatic carbocycles. The second-order valence-corrected chi connectivity index (χ2v) is 9.56. The molecule has 4 rings (SSSR count). The number of nitrogens with zero attached hydrogens (tertiary/aromatic N) is 1. The Morgan fingerprint density at radius 3 is 2.64 bits per heavy atom. The molecule has 0 saturated heterocycles. The molecule has 0 radical (unpaired) electrons. The number of ether oxygens (including phenoxy) is 1. The highest BCUT2D eigenvalue weighted by Crippen LogP contribution is 2.38. The zero-order valence-electron chi connectivity index (χ0n) is 21.1. The summed E-state index contributed by atoms with van der Waals surface area (Å²) in [6.45, 7) is 7.41. The van der Waals surface area contributed by atoms with Gasteiger partial charge in [-0.15, -0.1) is 0 Å². The molecule has 1 N–H and O–H groups in total. The number of halogens is 1. The highest BCUT2D eigenvalue weighted by Gasteiger charge is 2.32. The van der Waals surface area contributed by atoms with Crippen LogP contribution in [0.15, 0.2) is 59.0 Å². The molecule has 7 heteroatoms. The van der Waals surface area contributed by atoms with Gasteiger partial charge >= 0.3 is 0 Å². The van der Waals surface area contributed by atoms with E-state index in [-0.39, 0.29) is 42.0 Å². The first-order valence-corrected chi connectivity index (χ1v) is 12.5. The third kappa shape index (κ3) is 5.96. The van der Waals surface area contributed by atoms with E-state index in [0.717, 1.165) is 29.5 Å². The van der Waals surface area contributed by atoms with Crippen molar-refractivity contribution >= 4 is 11.8 Å². The topological polar surface area (TPSA) is 71.8 Å². The van der Waals surface area contributed by atoms with Crippen LogP contribution in [0.4, 0.5) is 4.39 Å². The second-order valence-electron chi connectivity index (χ2n) is 9.56. The molecule has 0 saturated carbocycles. The molecule has 2 heterocycles. The summed E-state index contributed by atoms with van der Waals surface area (Å²) in [7, 11) is 0. The molecule has 190 valence electrons. The van der Waals surface area contributed by atoms with Gasteiger partial charge < -0.3 is 19.4 Å². The third-order valence-corrected chi connectivity index (χ3v) is 6.24. The number of nitrogens with one attached hydrogen (secondary N) is 1. The monoisotopic (exact) mass is 492 g/mol. The maximum atomic E-state index is 13.7. The lowest BCUT2D eigenvalue weighted by Crippen LogP contribution is -2.41. The molecule has 0 bridgehead atoms. The molecule has 0 spiro atoms. The minimum atomic E-state index is -0.318. The Labute approximate surface area is 211 Å². The van der Waals surface area contributed by atoms with Crippen LogP contribution in [0.3, 0.4) is 0 Å². The molecule has 2 amide bonds. The number of benzene rings is 2. The van der Waals surface area contributed by atoms with Crippen LogP contribution >= 0.6 is 0 Å². The molecule has 1 atom stereocenters. The number of rotatable bonds is 9. The average molecular weight is 493 g/mol. The molecule has 3 aromatic rings. The van der Waals surface area contributed by atoms with Crippen LogP contribution in [0, 0.1) is 11.7 Å². The molecular formula is C29H33FN2O4. The summed E-state index contributed by atoms with van der Waals surface area (Å²) >= 11 is 0. The second kappa shape index (κ2) is 11.4. The Morgan fingerprint density at radius 2 is 1.92 bits per heavy atom. The van der Waals surface area contributed by atoms with Crippen LogP contribution in [0.25, 0.3) is 0 Å². The van der Waals surface area contributed by atoms with Crippen molar-refractivity contribution < 1.29 is 23.1 Å².